The van der Waals surface area contributed by atoms with Gasteiger partial charge in [-0.1, -0.05) is 12.8 Å². The van der Waals surface area contributed by atoms with E-state index in [1.807, 2.05) is 0 Å². The topological polar surface area (TPSA) is 38.3 Å². The highest BCUT2D eigenvalue weighted by atomic mass is 16.5. The second-order valence-electron chi connectivity index (χ2n) is 4.12. The Balaban J connectivity index is 2.02. The minimum Gasteiger partial charge on any atom is -0.468 e. The van der Waals surface area contributed by atoms with Crippen LogP contribution in [-0.4, -0.2) is 25.7 Å². The van der Waals surface area contributed by atoms with Gasteiger partial charge in [0.2, 0.25) is 0 Å². The van der Waals surface area contributed by atoms with Crippen LogP contribution in [0.25, 0.3) is 0 Å². The molecule has 3 atom stereocenters. The molecular weight excluding hydrogens is 166 g/mol. The summed E-state index contributed by atoms with van der Waals surface area (Å²) >= 11 is 0. The maximum Gasteiger partial charge on any atom is 0.323 e. The monoisotopic (exact) mass is 183 g/mol. The molecule has 74 valence electrons. The minimum atomic E-state index is -0.0746. The maximum absolute atomic E-state index is 11.4. The van der Waals surface area contributed by atoms with Gasteiger partial charge in [-0.05, 0) is 31.2 Å². The standard InChI is InChI=1S/C10H17NO2/c1-13-10(12)9-8-5-3-2-4-7(8)6-11-9/h7-9,11H,2-6H2,1H3/t7-,8-,9+/m1/s1. The number of carbonyl (C=O) groups is 1. The van der Waals surface area contributed by atoms with Gasteiger partial charge in [0.15, 0.2) is 0 Å². The fourth-order valence-electron chi connectivity index (χ4n) is 2.74. The van der Waals surface area contributed by atoms with E-state index in [4.69, 9.17) is 4.74 Å². The number of ether oxygens (including phenoxy) is 1. The molecule has 0 aromatic rings. The van der Waals surface area contributed by atoms with Crippen molar-refractivity contribution in [2.24, 2.45) is 11.8 Å². The molecule has 1 N–H and O–H groups in total. The quantitative estimate of drug-likeness (QED) is 0.615. The highest BCUT2D eigenvalue weighted by Crippen LogP contribution is 2.36. The number of fused-ring (bicyclic) bond motifs is 1. The number of carbonyl (C=O) groups excluding carboxylic acids is 1. The lowest BCUT2D eigenvalue weighted by Crippen LogP contribution is -2.37. The van der Waals surface area contributed by atoms with Gasteiger partial charge in [-0.25, -0.2) is 0 Å². The molecular formula is C10H17NO2. The average Bonchev–Trinajstić information content (AvgIpc) is 2.60. The Labute approximate surface area is 78.8 Å². The van der Waals surface area contributed by atoms with E-state index in [2.05, 4.69) is 5.32 Å². The van der Waals surface area contributed by atoms with E-state index in [9.17, 15) is 4.79 Å². The van der Waals surface area contributed by atoms with E-state index in [0.717, 1.165) is 12.5 Å². The molecule has 3 nitrogen and oxygen atoms in total. The van der Waals surface area contributed by atoms with Crippen LogP contribution in [0.2, 0.25) is 0 Å². The van der Waals surface area contributed by atoms with Gasteiger partial charge in [-0.15, -0.1) is 0 Å². The summed E-state index contributed by atoms with van der Waals surface area (Å²) < 4.78 is 4.78. The molecule has 0 unspecified atom stereocenters. The van der Waals surface area contributed by atoms with Crippen molar-refractivity contribution in [3.63, 3.8) is 0 Å². The molecule has 13 heavy (non-hydrogen) atoms. The first-order chi connectivity index (χ1) is 6.33. The van der Waals surface area contributed by atoms with Gasteiger partial charge in [0, 0.05) is 0 Å². The Kier molecular flexibility index (Phi) is 2.54. The summed E-state index contributed by atoms with van der Waals surface area (Å²) in [4.78, 5) is 11.4. The van der Waals surface area contributed by atoms with Gasteiger partial charge in [-0.2, -0.15) is 0 Å². The molecule has 0 aromatic heterocycles. The Morgan fingerprint density at radius 1 is 1.38 bits per heavy atom. The predicted octanol–water partition coefficient (Wildman–Crippen LogP) is 0.938. The van der Waals surface area contributed by atoms with E-state index in [1.165, 1.54) is 32.8 Å². The van der Waals surface area contributed by atoms with Crippen molar-refractivity contribution in [2.45, 2.75) is 31.7 Å². The number of hydrogen-bond acceptors (Lipinski definition) is 3. The summed E-state index contributed by atoms with van der Waals surface area (Å²) in [6, 6.07) is -0.0182. The first kappa shape index (κ1) is 9.00. The number of methoxy groups -OCH3 is 1. The second-order valence-corrected chi connectivity index (χ2v) is 4.12. The summed E-state index contributed by atoms with van der Waals surface area (Å²) in [6.45, 7) is 1.00. The molecule has 1 saturated carbocycles. The zero-order valence-corrected chi connectivity index (χ0v) is 8.08. The van der Waals surface area contributed by atoms with Gasteiger partial charge in [0.1, 0.15) is 6.04 Å². The van der Waals surface area contributed by atoms with Crippen LogP contribution in [0.4, 0.5) is 0 Å². The first-order valence-electron chi connectivity index (χ1n) is 5.14. The molecule has 3 heteroatoms. The molecule has 0 spiro atoms. The number of hydrogen-bond donors (Lipinski definition) is 1. The van der Waals surface area contributed by atoms with Crippen molar-refractivity contribution >= 4 is 5.97 Å². The van der Waals surface area contributed by atoms with E-state index < -0.39 is 0 Å². The van der Waals surface area contributed by atoms with Crippen molar-refractivity contribution in [2.75, 3.05) is 13.7 Å². The molecule has 1 aliphatic carbocycles. The second kappa shape index (κ2) is 3.66. The van der Waals surface area contributed by atoms with E-state index in [-0.39, 0.29) is 12.0 Å². The van der Waals surface area contributed by atoms with Crippen molar-refractivity contribution in [1.29, 1.82) is 0 Å². The van der Waals surface area contributed by atoms with Gasteiger partial charge >= 0.3 is 5.97 Å². The number of esters is 1. The Bertz CT molecular complexity index is 205. The lowest BCUT2D eigenvalue weighted by Gasteiger charge is -2.26. The molecule has 2 rings (SSSR count). The van der Waals surface area contributed by atoms with Crippen LogP contribution in [0.15, 0.2) is 0 Å². The lowest BCUT2D eigenvalue weighted by molar-refractivity contribution is -0.144. The Hall–Kier alpha value is -0.570. The minimum absolute atomic E-state index is 0.0182. The summed E-state index contributed by atoms with van der Waals surface area (Å²) in [5, 5.41) is 3.27. The Morgan fingerprint density at radius 2 is 2.15 bits per heavy atom. The molecule has 2 aliphatic rings. The van der Waals surface area contributed by atoms with Crippen LogP contribution in [-0.2, 0) is 9.53 Å². The largest absolute Gasteiger partial charge is 0.468 e. The molecule has 1 aliphatic heterocycles. The highest BCUT2D eigenvalue weighted by Gasteiger charge is 2.41. The zero-order valence-electron chi connectivity index (χ0n) is 8.08. The molecule has 1 saturated heterocycles. The van der Waals surface area contributed by atoms with Crippen molar-refractivity contribution in [3.8, 4) is 0 Å². The molecule has 1 heterocycles. The fourth-order valence-corrected chi connectivity index (χ4v) is 2.74. The average molecular weight is 183 g/mol. The van der Waals surface area contributed by atoms with Crippen LogP contribution in [0.3, 0.4) is 0 Å². The third kappa shape index (κ3) is 1.57. The molecule has 2 fully saturated rings. The molecule has 0 radical (unpaired) electrons. The SMILES string of the molecule is COC(=O)[C@H]1NC[C@H]2CCCC[C@H]21. The summed E-state index contributed by atoms with van der Waals surface area (Å²) in [5.41, 5.74) is 0. The fraction of sp³-hybridized carbons (Fsp3) is 0.900. The van der Waals surface area contributed by atoms with Gasteiger partial charge in [-0.3, -0.25) is 4.79 Å². The first-order valence-corrected chi connectivity index (χ1v) is 5.14. The third-order valence-electron chi connectivity index (χ3n) is 3.45. The van der Waals surface area contributed by atoms with Gasteiger partial charge in [0.25, 0.3) is 0 Å². The number of nitrogens with one attached hydrogen (secondary N) is 1. The molecule has 0 aromatic carbocycles. The lowest BCUT2D eigenvalue weighted by atomic mass is 9.78. The summed E-state index contributed by atoms with van der Waals surface area (Å²) in [6.07, 6.45) is 5.08. The summed E-state index contributed by atoms with van der Waals surface area (Å²) in [7, 11) is 1.47. The summed E-state index contributed by atoms with van der Waals surface area (Å²) in [5.74, 6) is 1.19. The highest BCUT2D eigenvalue weighted by molar-refractivity contribution is 5.76. The molecule has 0 amide bonds. The van der Waals surface area contributed by atoms with Crippen LogP contribution >= 0.6 is 0 Å². The zero-order chi connectivity index (χ0) is 9.26. The van der Waals surface area contributed by atoms with Crippen molar-refractivity contribution < 1.29 is 9.53 Å². The molecule has 0 bridgehead atoms. The van der Waals surface area contributed by atoms with Crippen LogP contribution in [0.5, 0.6) is 0 Å². The van der Waals surface area contributed by atoms with E-state index >= 15 is 0 Å². The third-order valence-corrected chi connectivity index (χ3v) is 3.45. The van der Waals surface area contributed by atoms with Gasteiger partial charge in [0.05, 0.1) is 7.11 Å². The van der Waals surface area contributed by atoms with Crippen LogP contribution < -0.4 is 5.32 Å². The van der Waals surface area contributed by atoms with Gasteiger partial charge < -0.3 is 10.1 Å². The number of rotatable bonds is 1. The predicted molar refractivity (Wildman–Crippen MR) is 49.3 cm³/mol. The van der Waals surface area contributed by atoms with Crippen molar-refractivity contribution in [1.82, 2.24) is 5.32 Å². The Morgan fingerprint density at radius 3 is 2.92 bits per heavy atom. The van der Waals surface area contributed by atoms with E-state index in [0.29, 0.717) is 5.92 Å². The van der Waals surface area contributed by atoms with Crippen LogP contribution in [0, 0.1) is 11.8 Å². The normalized spacial score (nSPS) is 38.4. The van der Waals surface area contributed by atoms with E-state index in [1.54, 1.807) is 0 Å². The van der Waals surface area contributed by atoms with Crippen molar-refractivity contribution in [3.05, 3.63) is 0 Å². The van der Waals surface area contributed by atoms with Crippen LogP contribution in [0.1, 0.15) is 25.7 Å². The maximum atomic E-state index is 11.4. The smallest absolute Gasteiger partial charge is 0.323 e.